The zero-order valence-electron chi connectivity index (χ0n) is 17.6. The topological polar surface area (TPSA) is 109 Å². The molecule has 0 bridgehead atoms. The van der Waals surface area contributed by atoms with Crippen LogP contribution in [0.5, 0.6) is 11.5 Å². The van der Waals surface area contributed by atoms with Crippen molar-refractivity contribution in [3.8, 4) is 11.5 Å². The second kappa shape index (κ2) is 11.3. The Hall–Kier alpha value is -4.20. The smallest absolute Gasteiger partial charge is 0.271 e. The first-order valence-electron chi connectivity index (χ1n) is 10.1. The maximum atomic E-state index is 12.3. The van der Waals surface area contributed by atoms with Gasteiger partial charge in [0.25, 0.3) is 5.91 Å². The number of anilines is 1. The highest BCUT2D eigenvalue weighted by Crippen LogP contribution is 2.23. The minimum Gasteiger partial charge on any atom is -0.457 e. The van der Waals surface area contributed by atoms with Crippen molar-refractivity contribution < 1.29 is 19.1 Å². The van der Waals surface area contributed by atoms with Crippen LogP contribution in [0.3, 0.4) is 0 Å². The fraction of sp³-hybridized carbons (Fsp3) is 0.167. The molecule has 8 heteroatoms. The zero-order valence-corrected chi connectivity index (χ0v) is 17.6. The molecule has 2 aromatic carbocycles. The van der Waals surface area contributed by atoms with Crippen LogP contribution in [-0.4, -0.2) is 22.7 Å². The highest BCUT2D eigenvalue weighted by molar-refractivity contribution is 5.95. The lowest BCUT2D eigenvalue weighted by atomic mass is 10.0. The van der Waals surface area contributed by atoms with E-state index in [4.69, 9.17) is 4.74 Å². The van der Waals surface area contributed by atoms with E-state index in [-0.39, 0.29) is 30.6 Å². The van der Waals surface area contributed by atoms with Gasteiger partial charge < -0.3 is 10.1 Å². The third-order valence-electron chi connectivity index (χ3n) is 4.42. The Labute approximate surface area is 186 Å². The number of carbonyl (C=O) groups excluding carboxylic acids is 3. The van der Waals surface area contributed by atoms with Crippen LogP contribution in [0.1, 0.15) is 30.1 Å². The van der Waals surface area contributed by atoms with E-state index in [0.29, 0.717) is 17.0 Å². The highest BCUT2D eigenvalue weighted by Gasteiger charge is 2.15. The summed E-state index contributed by atoms with van der Waals surface area (Å²) >= 11 is 0. The number of nitrogens with zero attached hydrogens (tertiary/aromatic N) is 1. The highest BCUT2D eigenvalue weighted by atomic mass is 16.5. The normalized spacial score (nSPS) is 11.2. The number of amides is 3. The molecule has 0 spiro atoms. The molecule has 0 aliphatic heterocycles. The summed E-state index contributed by atoms with van der Waals surface area (Å²) in [5.74, 6) is 0.120. The predicted octanol–water partition coefficient (Wildman–Crippen LogP) is 3.69. The second-order valence-corrected chi connectivity index (χ2v) is 7.25. The molecular weight excluding hydrogens is 408 g/mol. The molecule has 3 N–H and O–H groups in total. The zero-order chi connectivity index (χ0) is 22.8. The molecule has 3 amide bonds. The van der Waals surface area contributed by atoms with E-state index in [2.05, 4.69) is 21.2 Å². The summed E-state index contributed by atoms with van der Waals surface area (Å²) in [7, 11) is 0. The van der Waals surface area contributed by atoms with Gasteiger partial charge in [-0.3, -0.25) is 30.2 Å². The maximum absolute atomic E-state index is 12.3. The Morgan fingerprint density at radius 2 is 1.53 bits per heavy atom. The predicted molar refractivity (Wildman–Crippen MR) is 120 cm³/mol. The van der Waals surface area contributed by atoms with Crippen LogP contribution >= 0.6 is 0 Å². The van der Waals surface area contributed by atoms with Gasteiger partial charge in [-0.15, -0.1) is 0 Å². The third kappa shape index (κ3) is 7.24. The van der Waals surface area contributed by atoms with Gasteiger partial charge >= 0.3 is 0 Å². The number of para-hydroxylation sites is 1. The molecule has 164 valence electrons. The van der Waals surface area contributed by atoms with Gasteiger partial charge in [0.05, 0.1) is 5.56 Å². The molecule has 0 fully saturated rings. The molecule has 3 aromatic rings. The SMILES string of the molecule is CC(CC(=O)NNC(=O)c1cccnc1)CC(=O)Nc1ccc(Oc2ccccc2)cc1. The summed E-state index contributed by atoms with van der Waals surface area (Å²) in [6.45, 7) is 1.79. The van der Waals surface area contributed by atoms with Gasteiger partial charge in [-0.25, -0.2) is 0 Å². The first-order valence-corrected chi connectivity index (χ1v) is 10.1. The largest absolute Gasteiger partial charge is 0.457 e. The minimum atomic E-state index is -0.462. The lowest BCUT2D eigenvalue weighted by Crippen LogP contribution is -2.42. The van der Waals surface area contributed by atoms with Crippen LogP contribution < -0.4 is 20.9 Å². The van der Waals surface area contributed by atoms with Gasteiger partial charge in [0.2, 0.25) is 11.8 Å². The standard InChI is InChI=1S/C24H24N4O4/c1-17(15-23(30)27-28-24(31)18-6-5-13-25-16-18)14-22(29)26-19-9-11-21(12-10-19)32-20-7-3-2-4-8-20/h2-13,16-17H,14-15H2,1H3,(H,26,29)(H,27,30)(H,28,31). The van der Waals surface area contributed by atoms with Crippen molar-refractivity contribution >= 4 is 23.4 Å². The van der Waals surface area contributed by atoms with E-state index in [1.54, 1.807) is 49.5 Å². The van der Waals surface area contributed by atoms with E-state index < -0.39 is 5.91 Å². The minimum absolute atomic E-state index is 0.0879. The van der Waals surface area contributed by atoms with Crippen molar-refractivity contribution in [2.45, 2.75) is 19.8 Å². The number of hydrogen-bond donors (Lipinski definition) is 3. The van der Waals surface area contributed by atoms with Gasteiger partial charge in [-0.1, -0.05) is 25.1 Å². The summed E-state index contributed by atoms with van der Waals surface area (Å²) in [6, 6.07) is 19.7. The average molecular weight is 432 g/mol. The number of carbonyl (C=O) groups is 3. The molecular formula is C24H24N4O4. The van der Waals surface area contributed by atoms with E-state index in [1.165, 1.54) is 6.20 Å². The van der Waals surface area contributed by atoms with Gasteiger partial charge in [0, 0.05) is 30.9 Å². The van der Waals surface area contributed by atoms with Gasteiger partial charge in [-0.2, -0.15) is 0 Å². The fourth-order valence-electron chi connectivity index (χ4n) is 2.89. The third-order valence-corrected chi connectivity index (χ3v) is 4.42. The molecule has 0 aliphatic carbocycles. The van der Waals surface area contributed by atoms with E-state index in [9.17, 15) is 14.4 Å². The lowest BCUT2D eigenvalue weighted by molar-refractivity contribution is -0.123. The molecule has 0 saturated heterocycles. The Morgan fingerprint density at radius 1 is 0.844 bits per heavy atom. The van der Waals surface area contributed by atoms with Crippen molar-refractivity contribution in [1.82, 2.24) is 15.8 Å². The Morgan fingerprint density at radius 3 is 2.22 bits per heavy atom. The maximum Gasteiger partial charge on any atom is 0.271 e. The van der Waals surface area contributed by atoms with Crippen LogP contribution in [0.15, 0.2) is 79.1 Å². The number of ether oxygens (including phenoxy) is 1. The fourth-order valence-corrected chi connectivity index (χ4v) is 2.89. The number of rotatable bonds is 8. The lowest BCUT2D eigenvalue weighted by Gasteiger charge is -2.13. The summed E-state index contributed by atoms with van der Waals surface area (Å²) in [5.41, 5.74) is 5.65. The van der Waals surface area contributed by atoms with Crippen LogP contribution in [-0.2, 0) is 9.59 Å². The summed E-state index contributed by atoms with van der Waals surface area (Å²) < 4.78 is 5.72. The second-order valence-electron chi connectivity index (χ2n) is 7.25. The summed E-state index contributed by atoms with van der Waals surface area (Å²) in [5, 5.41) is 2.81. The van der Waals surface area contributed by atoms with Crippen molar-refractivity contribution in [1.29, 1.82) is 0 Å². The van der Waals surface area contributed by atoms with Crippen LogP contribution in [0.2, 0.25) is 0 Å². The van der Waals surface area contributed by atoms with Gasteiger partial charge in [0.1, 0.15) is 11.5 Å². The summed E-state index contributed by atoms with van der Waals surface area (Å²) in [4.78, 5) is 40.1. The number of hydrogen-bond acceptors (Lipinski definition) is 5. The molecule has 1 unspecified atom stereocenters. The Balaban J connectivity index is 1.39. The average Bonchev–Trinajstić information content (AvgIpc) is 2.80. The molecule has 0 saturated carbocycles. The number of hydrazine groups is 1. The summed E-state index contributed by atoms with van der Waals surface area (Å²) in [6.07, 6.45) is 3.20. The van der Waals surface area contributed by atoms with E-state index in [1.807, 2.05) is 30.3 Å². The molecule has 32 heavy (non-hydrogen) atoms. The Kier molecular flexibility index (Phi) is 7.91. The first-order chi connectivity index (χ1) is 15.5. The molecule has 0 aliphatic rings. The van der Waals surface area contributed by atoms with Gasteiger partial charge in [-0.05, 0) is 54.4 Å². The van der Waals surface area contributed by atoms with Crippen LogP contribution in [0.25, 0.3) is 0 Å². The van der Waals surface area contributed by atoms with Crippen molar-refractivity contribution in [3.63, 3.8) is 0 Å². The first kappa shape index (κ1) is 22.5. The van der Waals surface area contributed by atoms with Crippen LogP contribution in [0.4, 0.5) is 5.69 Å². The van der Waals surface area contributed by atoms with Crippen molar-refractivity contribution in [2.24, 2.45) is 5.92 Å². The number of nitrogens with one attached hydrogen (secondary N) is 3. The Bertz CT molecular complexity index is 1040. The molecule has 0 radical (unpaired) electrons. The monoisotopic (exact) mass is 432 g/mol. The number of benzene rings is 2. The van der Waals surface area contributed by atoms with Gasteiger partial charge in [0.15, 0.2) is 0 Å². The quantitative estimate of drug-likeness (QED) is 0.471. The molecule has 3 rings (SSSR count). The van der Waals surface area contributed by atoms with Crippen LogP contribution in [0, 0.1) is 5.92 Å². The molecule has 1 aromatic heterocycles. The number of aromatic nitrogens is 1. The van der Waals surface area contributed by atoms with E-state index in [0.717, 1.165) is 5.75 Å². The molecule has 1 atom stereocenters. The number of pyridine rings is 1. The van der Waals surface area contributed by atoms with E-state index >= 15 is 0 Å². The van der Waals surface area contributed by atoms with Crippen molar-refractivity contribution in [3.05, 3.63) is 84.7 Å². The molecule has 1 heterocycles. The molecule has 8 nitrogen and oxygen atoms in total. The van der Waals surface area contributed by atoms with Crippen molar-refractivity contribution in [2.75, 3.05) is 5.32 Å².